The fourth-order valence-electron chi connectivity index (χ4n) is 3.80. The first-order chi connectivity index (χ1) is 14.0. The first-order valence-corrected chi connectivity index (χ1v) is 10.7. The normalized spacial score (nSPS) is 19.9. The summed E-state index contributed by atoms with van der Waals surface area (Å²) in [5, 5.41) is 9.59. The van der Waals surface area contributed by atoms with Gasteiger partial charge in [-0.2, -0.15) is 5.10 Å². The molecular weight excluding hydrogens is 407 g/mol. The third kappa shape index (κ3) is 4.58. The van der Waals surface area contributed by atoms with E-state index in [2.05, 4.69) is 41.7 Å². The Morgan fingerprint density at radius 1 is 1.07 bits per heavy atom. The van der Waals surface area contributed by atoms with Crippen molar-refractivity contribution in [1.82, 2.24) is 10.4 Å². The van der Waals surface area contributed by atoms with Gasteiger partial charge in [0, 0.05) is 24.5 Å². The summed E-state index contributed by atoms with van der Waals surface area (Å²) < 4.78 is 0. The van der Waals surface area contributed by atoms with Crippen LogP contribution >= 0.6 is 23.2 Å². The van der Waals surface area contributed by atoms with Gasteiger partial charge in [-0.15, -0.1) is 0 Å². The van der Waals surface area contributed by atoms with Crippen LogP contribution in [0.2, 0.25) is 10.0 Å². The zero-order chi connectivity index (χ0) is 20.4. The van der Waals surface area contributed by atoms with E-state index in [4.69, 9.17) is 23.2 Å². The molecular formula is C22H24Cl2N4O. The van der Waals surface area contributed by atoms with Crippen molar-refractivity contribution in [3.8, 4) is 0 Å². The number of hydrogen-bond donors (Lipinski definition) is 1. The zero-order valence-corrected chi connectivity index (χ0v) is 17.9. The van der Waals surface area contributed by atoms with Crippen LogP contribution < -0.4 is 10.4 Å². The molecule has 2 aliphatic heterocycles. The summed E-state index contributed by atoms with van der Waals surface area (Å²) in [6.07, 6.45) is 3.93. The maximum absolute atomic E-state index is 12.9. The predicted octanol–water partition coefficient (Wildman–Crippen LogP) is 5.13. The lowest BCUT2D eigenvalue weighted by atomic mass is 10.00. The van der Waals surface area contributed by atoms with Gasteiger partial charge >= 0.3 is 0 Å². The number of hydrazine groups is 1. The van der Waals surface area contributed by atoms with E-state index >= 15 is 0 Å². The number of halogens is 2. The first-order valence-electron chi connectivity index (χ1n) is 9.95. The third-order valence-electron chi connectivity index (χ3n) is 5.41. The number of nitrogens with one attached hydrogen (secondary N) is 1. The summed E-state index contributed by atoms with van der Waals surface area (Å²) in [6.45, 7) is 3.82. The van der Waals surface area contributed by atoms with Crippen molar-refractivity contribution < 1.29 is 4.79 Å². The van der Waals surface area contributed by atoms with Gasteiger partial charge in [0.2, 0.25) is 0 Å². The van der Waals surface area contributed by atoms with Crippen LogP contribution in [0, 0.1) is 6.92 Å². The topological polar surface area (TPSA) is 47.9 Å². The first kappa shape index (κ1) is 20.2. The van der Waals surface area contributed by atoms with Gasteiger partial charge in [-0.25, -0.2) is 5.01 Å². The van der Waals surface area contributed by atoms with Gasteiger partial charge in [0.15, 0.2) is 0 Å². The fourth-order valence-corrected chi connectivity index (χ4v) is 4.29. The molecule has 0 aliphatic carbocycles. The quantitative estimate of drug-likeness (QED) is 0.731. The second kappa shape index (κ2) is 8.74. The van der Waals surface area contributed by atoms with Gasteiger partial charge in [-0.3, -0.25) is 15.2 Å². The Hall–Kier alpha value is -2.08. The Labute approximate surface area is 181 Å². The minimum Gasteiger partial charge on any atom is -0.284 e. The molecule has 152 valence electrons. The molecule has 0 aromatic heterocycles. The number of carbonyl (C=O) groups excluding carboxylic acids is 1. The van der Waals surface area contributed by atoms with Crippen molar-refractivity contribution in [2.75, 3.05) is 18.1 Å². The highest BCUT2D eigenvalue weighted by atomic mass is 35.5. The molecule has 1 saturated heterocycles. The van der Waals surface area contributed by atoms with Gasteiger partial charge in [0.05, 0.1) is 16.8 Å². The van der Waals surface area contributed by atoms with E-state index < -0.39 is 0 Å². The maximum Gasteiger partial charge on any atom is 0.281 e. The van der Waals surface area contributed by atoms with Crippen molar-refractivity contribution in [1.29, 1.82) is 0 Å². The number of aryl methyl sites for hydroxylation is 1. The van der Waals surface area contributed by atoms with Crippen LogP contribution in [0.3, 0.4) is 0 Å². The van der Waals surface area contributed by atoms with Crippen LogP contribution in [0.5, 0.6) is 0 Å². The van der Waals surface area contributed by atoms with Gasteiger partial charge in [-0.1, -0.05) is 59.5 Å². The van der Waals surface area contributed by atoms with Crippen LogP contribution in [-0.4, -0.2) is 29.7 Å². The van der Waals surface area contributed by atoms with Crippen molar-refractivity contribution in [3.05, 3.63) is 63.6 Å². The van der Waals surface area contributed by atoms with E-state index in [0.717, 1.165) is 37.2 Å². The van der Waals surface area contributed by atoms with Crippen LogP contribution in [0.4, 0.5) is 5.69 Å². The minimum atomic E-state index is -0.142. The van der Waals surface area contributed by atoms with Gasteiger partial charge in [0.1, 0.15) is 5.71 Å². The summed E-state index contributed by atoms with van der Waals surface area (Å²) in [6, 6.07) is 13.5. The number of nitrogens with zero attached hydrogens (tertiary/aromatic N) is 3. The van der Waals surface area contributed by atoms with E-state index in [1.54, 1.807) is 12.1 Å². The second-order valence-electron chi connectivity index (χ2n) is 7.61. The lowest BCUT2D eigenvalue weighted by Crippen LogP contribution is -2.47. The fraction of sp³-hybridized carbons (Fsp3) is 0.364. The number of benzene rings is 2. The molecule has 1 fully saturated rings. The van der Waals surface area contributed by atoms with Crippen molar-refractivity contribution in [2.24, 2.45) is 5.10 Å². The van der Waals surface area contributed by atoms with Crippen molar-refractivity contribution in [3.63, 3.8) is 0 Å². The van der Waals surface area contributed by atoms with Crippen LogP contribution in [0.15, 0.2) is 47.6 Å². The van der Waals surface area contributed by atoms with Crippen LogP contribution in [0.25, 0.3) is 0 Å². The number of anilines is 1. The lowest BCUT2D eigenvalue weighted by molar-refractivity contribution is -0.119. The van der Waals surface area contributed by atoms with Crippen molar-refractivity contribution in [2.45, 2.75) is 38.6 Å². The van der Waals surface area contributed by atoms with Gasteiger partial charge < -0.3 is 0 Å². The summed E-state index contributed by atoms with van der Waals surface area (Å²) in [7, 11) is 0. The number of hydrazone groups is 1. The monoisotopic (exact) mass is 430 g/mol. The van der Waals surface area contributed by atoms with E-state index in [1.165, 1.54) is 12.0 Å². The molecule has 0 spiro atoms. The molecule has 5 nitrogen and oxygen atoms in total. The average Bonchev–Trinajstić information content (AvgIpc) is 3.14. The molecule has 1 atom stereocenters. The molecule has 2 aromatic rings. The van der Waals surface area contributed by atoms with E-state index in [-0.39, 0.29) is 11.9 Å². The maximum atomic E-state index is 12.9. The predicted molar refractivity (Wildman–Crippen MR) is 118 cm³/mol. The average molecular weight is 431 g/mol. The number of rotatable bonds is 4. The molecule has 0 radical (unpaired) electrons. The molecule has 1 amide bonds. The smallest absolute Gasteiger partial charge is 0.281 e. The molecule has 1 N–H and O–H groups in total. The van der Waals surface area contributed by atoms with E-state index in [0.29, 0.717) is 22.2 Å². The number of piperidine rings is 1. The summed E-state index contributed by atoms with van der Waals surface area (Å²) in [5.41, 5.74) is 6.54. The number of hydrogen-bond acceptors (Lipinski definition) is 4. The Morgan fingerprint density at radius 3 is 2.48 bits per heavy atom. The SMILES string of the molecule is Cc1ccc([C@H]2CC(C(=O)NN3CCCCC3)=NN2c2ccc(Cl)cc2Cl)cc1. The lowest BCUT2D eigenvalue weighted by Gasteiger charge is -2.26. The Morgan fingerprint density at radius 2 is 1.79 bits per heavy atom. The zero-order valence-electron chi connectivity index (χ0n) is 16.4. The summed E-state index contributed by atoms with van der Waals surface area (Å²) in [4.78, 5) is 12.9. The van der Waals surface area contributed by atoms with Gasteiger partial charge in [-0.05, 0) is 43.5 Å². The summed E-state index contributed by atoms with van der Waals surface area (Å²) in [5.74, 6) is -0.142. The molecule has 7 heteroatoms. The highest BCUT2D eigenvalue weighted by molar-refractivity contribution is 6.40. The second-order valence-corrected chi connectivity index (χ2v) is 8.45. The summed E-state index contributed by atoms with van der Waals surface area (Å²) >= 11 is 12.5. The molecule has 0 bridgehead atoms. The largest absolute Gasteiger partial charge is 0.284 e. The van der Waals surface area contributed by atoms with Crippen LogP contribution in [-0.2, 0) is 4.79 Å². The molecule has 2 aromatic carbocycles. The molecule has 0 unspecified atom stereocenters. The van der Waals surface area contributed by atoms with Crippen LogP contribution in [0.1, 0.15) is 42.9 Å². The number of carbonyl (C=O) groups is 1. The molecule has 2 heterocycles. The van der Waals surface area contributed by atoms with E-state index in [9.17, 15) is 4.79 Å². The molecule has 0 saturated carbocycles. The highest BCUT2D eigenvalue weighted by Gasteiger charge is 2.34. The minimum absolute atomic E-state index is 0.101. The van der Waals surface area contributed by atoms with Gasteiger partial charge in [0.25, 0.3) is 5.91 Å². The Kier molecular flexibility index (Phi) is 6.09. The standard InChI is InChI=1S/C22H24Cl2N4O/c1-15-5-7-16(8-6-15)21-14-19(22(29)26-27-11-3-2-4-12-27)25-28(21)20-10-9-17(23)13-18(20)24/h5-10,13,21H,2-4,11-12,14H2,1H3,(H,26,29)/t21-/m1/s1. The van der Waals surface area contributed by atoms with E-state index in [1.807, 2.05) is 16.1 Å². The number of amides is 1. The Balaban J connectivity index is 1.62. The Bertz CT molecular complexity index is 923. The molecule has 29 heavy (non-hydrogen) atoms. The third-order valence-corrected chi connectivity index (χ3v) is 5.94. The highest BCUT2D eigenvalue weighted by Crippen LogP contribution is 2.39. The molecule has 2 aliphatic rings. The van der Waals surface area contributed by atoms with Crippen molar-refractivity contribution >= 4 is 40.5 Å². The molecule has 4 rings (SSSR count).